The second-order valence-electron chi connectivity index (χ2n) is 6.26. The van der Waals surface area contributed by atoms with E-state index in [4.69, 9.17) is 4.74 Å². The number of allylic oxidation sites excluding steroid dienone is 2. The Hall–Kier alpha value is -1.12. The van der Waals surface area contributed by atoms with Crippen LogP contribution < -0.4 is 0 Å². The molecule has 0 heterocycles. The van der Waals surface area contributed by atoms with E-state index in [1.165, 1.54) is 26.2 Å². The van der Waals surface area contributed by atoms with Crippen molar-refractivity contribution >= 4 is 11.8 Å². The van der Waals surface area contributed by atoms with Crippen molar-refractivity contribution in [3.05, 3.63) is 12.2 Å². The molecule has 19 heavy (non-hydrogen) atoms. The molecule has 0 N–H and O–H groups in total. The highest BCUT2D eigenvalue weighted by Crippen LogP contribution is 2.47. The van der Waals surface area contributed by atoms with Crippen LogP contribution in [0.2, 0.25) is 0 Å². The van der Waals surface area contributed by atoms with Crippen LogP contribution in [0.25, 0.3) is 0 Å². The zero-order chi connectivity index (χ0) is 13.9. The Morgan fingerprint density at radius 3 is 2.79 bits per heavy atom. The Balaban J connectivity index is 2.08. The zero-order valence-corrected chi connectivity index (χ0v) is 12.0. The van der Waals surface area contributed by atoms with Crippen LogP contribution in [0.15, 0.2) is 12.2 Å². The molecular formula is C16H24O3. The molecule has 1 fully saturated rings. The molecule has 3 unspecified atom stereocenters. The Bertz CT molecular complexity index is 385. The number of ether oxygens (including phenoxy) is 1. The Labute approximate surface area is 115 Å². The van der Waals surface area contributed by atoms with Gasteiger partial charge in [0.25, 0.3) is 0 Å². The molecule has 1 saturated carbocycles. The third-order valence-electron chi connectivity index (χ3n) is 4.82. The Morgan fingerprint density at radius 2 is 2.16 bits per heavy atom. The number of carbonyl (C=O) groups excluding carboxylic acids is 2. The molecule has 3 nitrogen and oxygen atoms in total. The molecule has 2 rings (SSSR count). The van der Waals surface area contributed by atoms with E-state index < -0.39 is 0 Å². The molecular weight excluding hydrogens is 240 g/mol. The molecule has 0 aliphatic heterocycles. The van der Waals surface area contributed by atoms with E-state index in [9.17, 15) is 9.59 Å². The molecule has 106 valence electrons. The normalized spacial score (nSPS) is 35.2. The van der Waals surface area contributed by atoms with E-state index in [1.54, 1.807) is 6.08 Å². The maximum atomic E-state index is 11.4. The molecule has 2 aliphatic rings. The zero-order valence-electron chi connectivity index (χ0n) is 12.0. The highest BCUT2D eigenvalue weighted by molar-refractivity contribution is 5.90. The number of hydrogen-bond donors (Lipinski definition) is 0. The number of carbonyl (C=O) groups is 2. The van der Waals surface area contributed by atoms with Gasteiger partial charge in [-0.1, -0.05) is 25.8 Å². The van der Waals surface area contributed by atoms with Crippen LogP contribution in [-0.4, -0.2) is 18.4 Å². The van der Waals surface area contributed by atoms with Crippen molar-refractivity contribution in [3.63, 3.8) is 0 Å². The van der Waals surface area contributed by atoms with Crippen molar-refractivity contribution in [1.29, 1.82) is 0 Å². The second-order valence-corrected chi connectivity index (χ2v) is 6.26. The van der Waals surface area contributed by atoms with Gasteiger partial charge in [-0.3, -0.25) is 9.59 Å². The van der Waals surface area contributed by atoms with Gasteiger partial charge < -0.3 is 4.74 Å². The molecule has 0 aromatic heterocycles. The summed E-state index contributed by atoms with van der Waals surface area (Å²) in [7, 11) is 0. The first-order valence-electron chi connectivity index (χ1n) is 7.37. The molecule has 0 aromatic rings. The van der Waals surface area contributed by atoms with Crippen molar-refractivity contribution in [2.45, 2.75) is 52.4 Å². The first kappa shape index (κ1) is 14.3. The van der Waals surface area contributed by atoms with Gasteiger partial charge in [-0.05, 0) is 42.6 Å². The van der Waals surface area contributed by atoms with E-state index >= 15 is 0 Å². The van der Waals surface area contributed by atoms with Crippen molar-refractivity contribution in [2.24, 2.45) is 17.3 Å². The minimum Gasteiger partial charge on any atom is -0.466 e. The van der Waals surface area contributed by atoms with E-state index in [0.29, 0.717) is 24.9 Å². The number of esters is 1. The monoisotopic (exact) mass is 264 g/mol. The molecule has 0 spiro atoms. The van der Waals surface area contributed by atoms with Crippen LogP contribution in [0.4, 0.5) is 0 Å². The SMILES string of the molecule is CC(=O)OCC1CCCCC1C1(C)C=CC(=O)CC1. The summed E-state index contributed by atoms with van der Waals surface area (Å²) in [6.45, 7) is 4.27. The third-order valence-corrected chi connectivity index (χ3v) is 4.82. The van der Waals surface area contributed by atoms with Gasteiger partial charge in [0.1, 0.15) is 0 Å². The molecule has 0 bridgehead atoms. The second kappa shape index (κ2) is 5.89. The predicted molar refractivity (Wildman–Crippen MR) is 73.6 cm³/mol. The fourth-order valence-corrected chi connectivity index (χ4v) is 3.65. The fourth-order valence-electron chi connectivity index (χ4n) is 3.65. The first-order chi connectivity index (χ1) is 9.01. The van der Waals surface area contributed by atoms with E-state index in [2.05, 4.69) is 13.0 Å². The van der Waals surface area contributed by atoms with Gasteiger partial charge in [0.05, 0.1) is 6.61 Å². The summed E-state index contributed by atoms with van der Waals surface area (Å²) >= 11 is 0. The lowest BCUT2D eigenvalue weighted by molar-refractivity contribution is -0.144. The summed E-state index contributed by atoms with van der Waals surface area (Å²) in [5.74, 6) is 1.03. The van der Waals surface area contributed by atoms with Crippen LogP contribution >= 0.6 is 0 Å². The topological polar surface area (TPSA) is 43.4 Å². The molecule has 3 atom stereocenters. The highest BCUT2D eigenvalue weighted by Gasteiger charge is 2.40. The maximum absolute atomic E-state index is 11.4. The lowest BCUT2D eigenvalue weighted by atomic mass is 9.61. The molecule has 3 heteroatoms. The van der Waals surface area contributed by atoms with E-state index in [0.717, 1.165) is 12.8 Å². The summed E-state index contributed by atoms with van der Waals surface area (Å²) in [5, 5.41) is 0. The van der Waals surface area contributed by atoms with Crippen LogP contribution in [0.3, 0.4) is 0 Å². The predicted octanol–water partition coefficient (Wildman–Crippen LogP) is 3.28. The van der Waals surface area contributed by atoms with Gasteiger partial charge in [-0.15, -0.1) is 0 Å². The van der Waals surface area contributed by atoms with Crippen molar-refractivity contribution in [3.8, 4) is 0 Å². The summed E-state index contributed by atoms with van der Waals surface area (Å²) < 4.78 is 5.24. The number of rotatable bonds is 3. The van der Waals surface area contributed by atoms with Crippen LogP contribution in [0, 0.1) is 17.3 Å². The molecule has 0 amide bonds. The van der Waals surface area contributed by atoms with Crippen molar-refractivity contribution < 1.29 is 14.3 Å². The van der Waals surface area contributed by atoms with Crippen molar-refractivity contribution in [1.82, 2.24) is 0 Å². The van der Waals surface area contributed by atoms with E-state index in [-0.39, 0.29) is 17.2 Å². The van der Waals surface area contributed by atoms with Crippen LogP contribution in [-0.2, 0) is 14.3 Å². The van der Waals surface area contributed by atoms with Gasteiger partial charge >= 0.3 is 5.97 Å². The lowest BCUT2D eigenvalue weighted by Gasteiger charge is -2.44. The number of hydrogen-bond acceptors (Lipinski definition) is 3. The van der Waals surface area contributed by atoms with Crippen LogP contribution in [0.1, 0.15) is 52.4 Å². The summed E-state index contributed by atoms with van der Waals surface area (Å²) in [6, 6.07) is 0. The Morgan fingerprint density at radius 1 is 1.42 bits per heavy atom. The van der Waals surface area contributed by atoms with Gasteiger partial charge in [0.15, 0.2) is 5.78 Å². The van der Waals surface area contributed by atoms with Crippen LogP contribution in [0.5, 0.6) is 0 Å². The molecule has 0 aromatic carbocycles. The van der Waals surface area contributed by atoms with Gasteiger partial charge in [-0.25, -0.2) is 0 Å². The largest absolute Gasteiger partial charge is 0.466 e. The smallest absolute Gasteiger partial charge is 0.302 e. The first-order valence-corrected chi connectivity index (χ1v) is 7.37. The summed E-state index contributed by atoms with van der Waals surface area (Å²) in [4.78, 5) is 22.4. The third kappa shape index (κ3) is 3.46. The molecule has 0 radical (unpaired) electrons. The maximum Gasteiger partial charge on any atom is 0.302 e. The lowest BCUT2D eigenvalue weighted by Crippen LogP contribution is -2.38. The van der Waals surface area contributed by atoms with Crippen molar-refractivity contribution in [2.75, 3.05) is 6.61 Å². The average molecular weight is 264 g/mol. The Kier molecular flexibility index (Phi) is 4.43. The summed E-state index contributed by atoms with van der Waals surface area (Å²) in [5.41, 5.74) is 0.0964. The van der Waals surface area contributed by atoms with Gasteiger partial charge in [-0.2, -0.15) is 0 Å². The highest BCUT2D eigenvalue weighted by atomic mass is 16.5. The summed E-state index contributed by atoms with van der Waals surface area (Å²) in [6.07, 6.45) is 10.2. The number of ketones is 1. The average Bonchev–Trinajstić information content (AvgIpc) is 2.40. The van der Waals surface area contributed by atoms with E-state index in [1.807, 2.05) is 0 Å². The minimum absolute atomic E-state index is 0.0964. The fraction of sp³-hybridized carbons (Fsp3) is 0.750. The quantitative estimate of drug-likeness (QED) is 0.735. The molecule has 0 saturated heterocycles. The molecule has 2 aliphatic carbocycles. The van der Waals surface area contributed by atoms with Gasteiger partial charge in [0.2, 0.25) is 0 Å². The minimum atomic E-state index is -0.191. The van der Waals surface area contributed by atoms with Gasteiger partial charge in [0, 0.05) is 13.3 Å². The standard InChI is InChI=1S/C16H24O3/c1-12(17)19-11-13-5-3-4-6-15(13)16(2)9-7-14(18)8-10-16/h7,9,13,15H,3-6,8,10-11H2,1-2H3.